The van der Waals surface area contributed by atoms with Crippen LogP contribution in [0.4, 0.5) is 0 Å². The van der Waals surface area contributed by atoms with Gasteiger partial charge in [-0.3, -0.25) is 9.59 Å². The lowest BCUT2D eigenvalue weighted by Gasteiger charge is -2.30. The van der Waals surface area contributed by atoms with Crippen LogP contribution in [0.1, 0.15) is 47.4 Å². The van der Waals surface area contributed by atoms with E-state index >= 15 is 0 Å². The molecule has 2 rings (SSSR count). The van der Waals surface area contributed by atoms with Crippen LogP contribution in [-0.4, -0.2) is 44.2 Å². The van der Waals surface area contributed by atoms with Crippen LogP contribution in [0, 0.1) is 0 Å². The van der Waals surface area contributed by atoms with E-state index in [1.54, 1.807) is 23.1 Å². The monoisotopic (exact) mass is 335 g/mol. The molecule has 0 bridgehead atoms. The number of sulfone groups is 1. The third-order valence-electron chi connectivity index (χ3n) is 3.73. The molecule has 0 aliphatic heterocycles. The van der Waals surface area contributed by atoms with Crippen LogP contribution in [0.5, 0.6) is 0 Å². The van der Waals surface area contributed by atoms with Crippen molar-refractivity contribution in [3.8, 4) is 0 Å². The zero-order valence-corrected chi connectivity index (χ0v) is 14.4. The Morgan fingerprint density at radius 1 is 0.913 bits per heavy atom. The number of carbonyl (C=O) groups excluding carboxylic acids is 2. The van der Waals surface area contributed by atoms with Crippen LogP contribution >= 0.6 is 0 Å². The van der Waals surface area contributed by atoms with Crippen LogP contribution in [0.15, 0.2) is 34.9 Å². The molecule has 6 heteroatoms. The third kappa shape index (κ3) is 3.22. The number of fused-ring (bicyclic) bond motifs is 1. The van der Waals surface area contributed by atoms with E-state index in [9.17, 15) is 18.0 Å². The molecule has 0 radical (unpaired) electrons. The largest absolute Gasteiger partial charge is 0.367 e. The first kappa shape index (κ1) is 17.4. The molecule has 1 aromatic rings. The standard InChI is InChI=1S/C17H21NO4S/c1-4-10-18(11-5-2)14-15(19)12-8-6-7-9-13(12)16(20)17(14)23(3,21)22/h6-9H,4-5,10-11H2,1-3H3. The van der Waals surface area contributed by atoms with Gasteiger partial charge in [-0.05, 0) is 12.8 Å². The lowest BCUT2D eigenvalue weighted by molar-refractivity contribution is 0.0946. The Morgan fingerprint density at radius 3 is 1.83 bits per heavy atom. The van der Waals surface area contributed by atoms with Gasteiger partial charge in [-0.25, -0.2) is 8.42 Å². The van der Waals surface area contributed by atoms with Crippen molar-refractivity contribution in [2.45, 2.75) is 26.7 Å². The summed E-state index contributed by atoms with van der Waals surface area (Å²) in [4.78, 5) is 27.0. The third-order valence-corrected chi connectivity index (χ3v) is 4.85. The molecule has 0 N–H and O–H groups in total. The van der Waals surface area contributed by atoms with Crippen molar-refractivity contribution < 1.29 is 18.0 Å². The molecule has 1 aliphatic rings. The molecule has 0 heterocycles. The average Bonchev–Trinajstić information content (AvgIpc) is 2.49. The van der Waals surface area contributed by atoms with E-state index in [4.69, 9.17) is 0 Å². The number of benzene rings is 1. The van der Waals surface area contributed by atoms with E-state index in [0.29, 0.717) is 13.1 Å². The van der Waals surface area contributed by atoms with Gasteiger partial charge in [-0.2, -0.15) is 0 Å². The van der Waals surface area contributed by atoms with E-state index in [1.165, 1.54) is 6.07 Å². The highest BCUT2D eigenvalue weighted by atomic mass is 32.2. The molecule has 0 spiro atoms. The summed E-state index contributed by atoms with van der Waals surface area (Å²) in [6.07, 6.45) is 2.49. The zero-order valence-electron chi connectivity index (χ0n) is 13.6. The summed E-state index contributed by atoms with van der Waals surface area (Å²) in [6, 6.07) is 6.38. The Balaban J connectivity index is 2.75. The van der Waals surface area contributed by atoms with Crippen molar-refractivity contribution in [3.05, 3.63) is 46.0 Å². The van der Waals surface area contributed by atoms with Gasteiger partial charge >= 0.3 is 0 Å². The van der Waals surface area contributed by atoms with Gasteiger partial charge in [0.05, 0.1) is 0 Å². The fourth-order valence-corrected chi connectivity index (χ4v) is 3.87. The molecule has 1 aromatic carbocycles. The Bertz CT molecular complexity index is 772. The average molecular weight is 335 g/mol. The highest BCUT2D eigenvalue weighted by molar-refractivity contribution is 7.95. The minimum atomic E-state index is -3.81. The minimum absolute atomic E-state index is 0.0277. The molecule has 124 valence electrons. The molecular formula is C17H21NO4S. The smallest absolute Gasteiger partial charge is 0.211 e. The summed E-state index contributed by atoms with van der Waals surface area (Å²) in [7, 11) is -3.81. The molecule has 0 atom stereocenters. The summed E-state index contributed by atoms with van der Waals surface area (Å²) < 4.78 is 24.4. The van der Waals surface area contributed by atoms with Crippen molar-refractivity contribution in [2.24, 2.45) is 0 Å². The van der Waals surface area contributed by atoms with Gasteiger partial charge in [0.25, 0.3) is 0 Å². The first-order valence-corrected chi connectivity index (χ1v) is 9.59. The number of hydrogen-bond donors (Lipinski definition) is 0. The van der Waals surface area contributed by atoms with Crippen LogP contribution < -0.4 is 0 Å². The van der Waals surface area contributed by atoms with Crippen molar-refractivity contribution in [1.82, 2.24) is 4.90 Å². The summed E-state index contributed by atoms with van der Waals surface area (Å²) >= 11 is 0. The molecule has 0 saturated heterocycles. The van der Waals surface area contributed by atoms with Crippen LogP contribution in [0.3, 0.4) is 0 Å². The first-order chi connectivity index (χ1) is 10.8. The quantitative estimate of drug-likeness (QED) is 0.798. The van der Waals surface area contributed by atoms with Gasteiger partial charge in [0.1, 0.15) is 10.6 Å². The number of carbonyl (C=O) groups is 2. The SMILES string of the molecule is CCCN(CCC)C1=C(S(C)(=O)=O)C(=O)c2ccccc2C1=O. The predicted octanol–water partition coefficient (Wildman–Crippen LogP) is 2.44. The summed E-state index contributed by atoms with van der Waals surface area (Å²) in [5, 5.41) is 0. The van der Waals surface area contributed by atoms with Gasteiger partial charge in [0.15, 0.2) is 9.84 Å². The Hall–Kier alpha value is -1.95. The van der Waals surface area contributed by atoms with Gasteiger partial charge in [0.2, 0.25) is 11.6 Å². The number of Topliss-reactive ketones (excluding diaryl/α,β-unsaturated/α-hetero) is 2. The molecule has 0 fully saturated rings. The highest BCUT2D eigenvalue weighted by Gasteiger charge is 2.39. The summed E-state index contributed by atoms with van der Waals surface area (Å²) in [5.74, 6) is -0.975. The fraction of sp³-hybridized carbons (Fsp3) is 0.412. The van der Waals surface area contributed by atoms with E-state index in [-0.39, 0.29) is 27.5 Å². The van der Waals surface area contributed by atoms with Gasteiger partial charge in [-0.1, -0.05) is 38.1 Å². The Labute approximate surface area is 136 Å². The number of nitrogens with zero attached hydrogens (tertiary/aromatic N) is 1. The van der Waals surface area contributed by atoms with Gasteiger partial charge in [0, 0.05) is 30.5 Å². The van der Waals surface area contributed by atoms with Crippen molar-refractivity contribution in [3.63, 3.8) is 0 Å². The van der Waals surface area contributed by atoms with Crippen LogP contribution in [0.25, 0.3) is 0 Å². The topological polar surface area (TPSA) is 71.5 Å². The number of ketones is 2. The van der Waals surface area contributed by atoms with E-state index in [1.807, 2.05) is 13.8 Å². The fourth-order valence-electron chi connectivity index (χ4n) is 2.85. The number of allylic oxidation sites excluding steroid dienone is 2. The highest BCUT2D eigenvalue weighted by Crippen LogP contribution is 2.31. The molecule has 1 aliphatic carbocycles. The van der Waals surface area contributed by atoms with Crippen molar-refractivity contribution >= 4 is 21.4 Å². The summed E-state index contributed by atoms with van der Waals surface area (Å²) in [5.41, 5.74) is 0.464. The predicted molar refractivity (Wildman–Crippen MR) is 89.1 cm³/mol. The van der Waals surface area contributed by atoms with Crippen LogP contribution in [0.2, 0.25) is 0 Å². The van der Waals surface area contributed by atoms with Crippen LogP contribution in [-0.2, 0) is 9.84 Å². The maximum atomic E-state index is 12.9. The second-order valence-corrected chi connectivity index (χ2v) is 7.59. The van der Waals surface area contributed by atoms with E-state index < -0.39 is 15.6 Å². The molecule has 23 heavy (non-hydrogen) atoms. The Kier molecular flexibility index (Phi) is 5.04. The van der Waals surface area contributed by atoms with E-state index in [0.717, 1.165) is 19.1 Å². The lowest BCUT2D eigenvalue weighted by Crippen LogP contribution is -2.37. The number of hydrogen-bond acceptors (Lipinski definition) is 5. The first-order valence-electron chi connectivity index (χ1n) is 7.70. The summed E-state index contributed by atoms with van der Waals surface area (Å²) in [6.45, 7) is 4.96. The van der Waals surface area contributed by atoms with Gasteiger partial charge in [-0.15, -0.1) is 0 Å². The number of rotatable bonds is 6. The molecule has 0 unspecified atom stereocenters. The molecule has 0 amide bonds. The molecule has 0 saturated carbocycles. The second-order valence-electron chi connectivity index (χ2n) is 5.64. The molecule has 0 aromatic heterocycles. The normalized spacial score (nSPS) is 14.9. The maximum absolute atomic E-state index is 12.9. The van der Waals surface area contributed by atoms with Gasteiger partial charge < -0.3 is 4.90 Å². The van der Waals surface area contributed by atoms with Crippen molar-refractivity contribution in [2.75, 3.05) is 19.3 Å². The minimum Gasteiger partial charge on any atom is -0.367 e. The maximum Gasteiger partial charge on any atom is 0.211 e. The molecular weight excluding hydrogens is 314 g/mol. The van der Waals surface area contributed by atoms with Crippen molar-refractivity contribution in [1.29, 1.82) is 0 Å². The second kappa shape index (κ2) is 6.66. The zero-order chi connectivity index (χ0) is 17.2. The Morgan fingerprint density at radius 2 is 1.39 bits per heavy atom. The molecule has 5 nitrogen and oxygen atoms in total. The van der Waals surface area contributed by atoms with E-state index in [2.05, 4.69) is 0 Å². The lowest BCUT2D eigenvalue weighted by atomic mass is 9.91.